The fourth-order valence-corrected chi connectivity index (χ4v) is 2.75. The Balaban J connectivity index is 2.36. The molecule has 1 aliphatic heterocycles. The van der Waals surface area contributed by atoms with Crippen LogP contribution in [0, 0.1) is 5.82 Å². The van der Waals surface area contributed by atoms with Crippen LogP contribution in [0.5, 0.6) is 0 Å². The van der Waals surface area contributed by atoms with Gasteiger partial charge in [0.05, 0.1) is 6.10 Å². The molecule has 0 spiro atoms. The first-order valence-corrected chi connectivity index (χ1v) is 6.83. The summed E-state index contributed by atoms with van der Waals surface area (Å²) in [5.74, 6) is -0.280. The van der Waals surface area contributed by atoms with Crippen molar-refractivity contribution in [2.45, 2.75) is 51.7 Å². The van der Waals surface area contributed by atoms with Gasteiger partial charge in [-0.25, -0.2) is 4.39 Å². The highest BCUT2D eigenvalue weighted by Gasteiger charge is 2.21. The van der Waals surface area contributed by atoms with Gasteiger partial charge >= 0.3 is 0 Å². The van der Waals surface area contributed by atoms with E-state index in [0.717, 1.165) is 18.7 Å². The van der Waals surface area contributed by atoms with Crippen molar-refractivity contribution in [1.82, 2.24) is 0 Å². The Morgan fingerprint density at radius 1 is 1.33 bits per heavy atom. The standard InChI is InChI=1S/C15H22FNO/c1-11-6-4-3-5-9-17(11)15-8-7-13(16)10-14(15)12(2)18/h7-8,10-12,18H,3-6,9H2,1-2H3. The monoisotopic (exact) mass is 251 g/mol. The van der Waals surface area contributed by atoms with E-state index in [2.05, 4.69) is 11.8 Å². The Morgan fingerprint density at radius 2 is 2.11 bits per heavy atom. The van der Waals surface area contributed by atoms with Crippen molar-refractivity contribution in [3.8, 4) is 0 Å². The van der Waals surface area contributed by atoms with Crippen molar-refractivity contribution >= 4 is 5.69 Å². The van der Waals surface area contributed by atoms with E-state index in [-0.39, 0.29) is 5.82 Å². The van der Waals surface area contributed by atoms with Crippen LogP contribution in [0.1, 0.15) is 51.2 Å². The van der Waals surface area contributed by atoms with Gasteiger partial charge in [-0.2, -0.15) is 0 Å². The molecule has 1 heterocycles. The molecule has 2 atom stereocenters. The zero-order chi connectivity index (χ0) is 13.1. The van der Waals surface area contributed by atoms with Crippen molar-refractivity contribution in [3.05, 3.63) is 29.6 Å². The second-order valence-electron chi connectivity index (χ2n) is 5.27. The number of anilines is 1. The number of aliphatic hydroxyl groups excluding tert-OH is 1. The first-order valence-electron chi connectivity index (χ1n) is 6.83. The maximum Gasteiger partial charge on any atom is 0.123 e. The lowest BCUT2D eigenvalue weighted by Gasteiger charge is -2.32. The van der Waals surface area contributed by atoms with E-state index in [9.17, 15) is 9.50 Å². The molecule has 18 heavy (non-hydrogen) atoms. The summed E-state index contributed by atoms with van der Waals surface area (Å²) in [6, 6.07) is 5.20. The molecule has 0 amide bonds. The van der Waals surface area contributed by atoms with Gasteiger partial charge in [0.25, 0.3) is 0 Å². The summed E-state index contributed by atoms with van der Waals surface area (Å²) in [4.78, 5) is 2.31. The summed E-state index contributed by atoms with van der Waals surface area (Å²) in [6.07, 6.45) is 4.21. The first kappa shape index (κ1) is 13.3. The van der Waals surface area contributed by atoms with E-state index in [1.807, 2.05) is 0 Å². The summed E-state index contributed by atoms with van der Waals surface area (Å²) in [5, 5.41) is 9.82. The minimum atomic E-state index is -0.633. The van der Waals surface area contributed by atoms with Crippen LogP contribution in [-0.4, -0.2) is 17.7 Å². The van der Waals surface area contributed by atoms with Gasteiger partial charge in [-0.3, -0.25) is 0 Å². The van der Waals surface area contributed by atoms with Crippen LogP contribution in [0.2, 0.25) is 0 Å². The molecule has 0 aromatic heterocycles. The molecular weight excluding hydrogens is 229 g/mol. The predicted molar refractivity (Wildman–Crippen MR) is 72.3 cm³/mol. The van der Waals surface area contributed by atoms with Gasteiger partial charge in [-0.1, -0.05) is 12.8 Å². The van der Waals surface area contributed by atoms with Crippen molar-refractivity contribution in [2.75, 3.05) is 11.4 Å². The van der Waals surface area contributed by atoms with Gasteiger partial charge in [0.2, 0.25) is 0 Å². The molecule has 1 fully saturated rings. The van der Waals surface area contributed by atoms with E-state index < -0.39 is 6.10 Å². The minimum Gasteiger partial charge on any atom is -0.389 e. The van der Waals surface area contributed by atoms with Crippen LogP contribution in [-0.2, 0) is 0 Å². The van der Waals surface area contributed by atoms with E-state index >= 15 is 0 Å². The second-order valence-corrected chi connectivity index (χ2v) is 5.27. The average Bonchev–Trinajstić information content (AvgIpc) is 2.54. The molecule has 0 saturated carbocycles. The number of hydrogen-bond acceptors (Lipinski definition) is 2. The zero-order valence-electron chi connectivity index (χ0n) is 11.2. The molecule has 0 radical (unpaired) electrons. The van der Waals surface area contributed by atoms with Crippen molar-refractivity contribution < 1.29 is 9.50 Å². The minimum absolute atomic E-state index is 0.280. The van der Waals surface area contributed by atoms with Crippen LogP contribution in [0.15, 0.2) is 18.2 Å². The van der Waals surface area contributed by atoms with Crippen molar-refractivity contribution in [3.63, 3.8) is 0 Å². The normalized spacial score (nSPS) is 22.7. The lowest BCUT2D eigenvalue weighted by molar-refractivity contribution is 0.199. The van der Waals surface area contributed by atoms with Gasteiger partial charge in [-0.15, -0.1) is 0 Å². The molecule has 100 valence electrons. The van der Waals surface area contributed by atoms with Crippen LogP contribution >= 0.6 is 0 Å². The number of hydrogen-bond donors (Lipinski definition) is 1. The van der Waals surface area contributed by atoms with Gasteiger partial charge in [0, 0.05) is 23.8 Å². The third kappa shape index (κ3) is 2.83. The van der Waals surface area contributed by atoms with Crippen molar-refractivity contribution in [2.24, 2.45) is 0 Å². The fourth-order valence-electron chi connectivity index (χ4n) is 2.75. The number of benzene rings is 1. The van der Waals surface area contributed by atoms with Gasteiger partial charge in [-0.05, 0) is 44.9 Å². The van der Waals surface area contributed by atoms with Crippen molar-refractivity contribution in [1.29, 1.82) is 0 Å². The largest absolute Gasteiger partial charge is 0.389 e. The number of rotatable bonds is 2. The van der Waals surface area contributed by atoms with Crippen LogP contribution < -0.4 is 4.90 Å². The topological polar surface area (TPSA) is 23.5 Å². The molecule has 0 aliphatic carbocycles. The van der Waals surface area contributed by atoms with Gasteiger partial charge < -0.3 is 10.0 Å². The van der Waals surface area contributed by atoms with E-state index in [1.165, 1.54) is 31.4 Å². The lowest BCUT2D eigenvalue weighted by Crippen LogP contribution is -2.33. The van der Waals surface area contributed by atoms with E-state index in [0.29, 0.717) is 11.6 Å². The van der Waals surface area contributed by atoms with Crippen LogP contribution in [0.25, 0.3) is 0 Å². The van der Waals surface area contributed by atoms with E-state index in [4.69, 9.17) is 0 Å². The Kier molecular flexibility index (Phi) is 4.23. The molecule has 0 bridgehead atoms. The molecular formula is C15H22FNO. The molecule has 1 N–H and O–H groups in total. The molecule has 1 aromatic carbocycles. The maximum absolute atomic E-state index is 13.3. The highest BCUT2D eigenvalue weighted by atomic mass is 19.1. The number of halogens is 1. The molecule has 1 aliphatic rings. The summed E-state index contributed by atoms with van der Waals surface area (Å²) < 4.78 is 13.3. The Labute approximate surface area is 108 Å². The van der Waals surface area contributed by atoms with E-state index in [1.54, 1.807) is 13.0 Å². The summed E-state index contributed by atoms with van der Waals surface area (Å²) >= 11 is 0. The smallest absolute Gasteiger partial charge is 0.123 e. The predicted octanol–water partition coefficient (Wildman–Crippen LogP) is 3.65. The molecule has 2 unspecified atom stereocenters. The Morgan fingerprint density at radius 3 is 2.83 bits per heavy atom. The molecule has 3 heteroatoms. The Hall–Kier alpha value is -1.09. The lowest BCUT2D eigenvalue weighted by atomic mass is 10.0. The molecule has 1 aromatic rings. The average molecular weight is 251 g/mol. The van der Waals surface area contributed by atoms with Crippen LogP contribution in [0.3, 0.4) is 0 Å². The summed E-state index contributed by atoms with van der Waals surface area (Å²) in [5.41, 5.74) is 1.68. The molecule has 1 saturated heterocycles. The summed E-state index contributed by atoms with van der Waals surface area (Å²) in [6.45, 7) is 4.90. The molecule has 2 nitrogen and oxygen atoms in total. The summed E-state index contributed by atoms with van der Waals surface area (Å²) in [7, 11) is 0. The highest BCUT2D eigenvalue weighted by molar-refractivity contribution is 5.55. The zero-order valence-corrected chi connectivity index (χ0v) is 11.2. The molecule has 2 rings (SSSR count). The number of aliphatic hydroxyl groups is 1. The third-order valence-corrected chi connectivity index (χ3v) is 3.80. The Bertz CT molecular complexity index is 405. The highest BCUT2D eigenvalue weighted by Crippen LogP contribution is 2.31. The first-order chi connectivity index (χ1) is 8.59. The maximum atomic E-state index is 13.3. The number of nitrogens with zero attached hydrogens (tertiary/aromatic N) is 1. The van der Waals surface area contributed by atoms with Crippen LogP contribution in [0.4, 0.5) is 10.1 Å². The second kappa shape index (κ2) is 5.70. The SMILES string of the molecule is CC(O)c1cc(F)ccc1N1CCCCCC1C. The quantitative estimate of drug-likeness (QED) is 0.867. The van der Waals surface area contributed by atoms with Gasteiger partial charge in [0.15, 0.2) is 0 Å². The fraction of sp³-hybridized carbons (Fsp3) is 0.600. The third-order valence-electron chi connectivity index (χ3n) is 3.80. The van der Waals surface area contributed by atoms with Gasteiger partial charge in [0.1, 0.15) is 5.82 Å².